The first-order valence-corrected chi connectivity index (χ1v) is 12.8. The summed E-state index contributed by atoms with van der Waals surface area (Å²) >= 11 is 1.87. The lowest BCUT2D eigenvalue weighted by molar-refractivity contribution is -0.130. The third-order valence-corrected chi connectivity index (χ3v) is 6.55. The number of anilines is 1. The molecule has 0 aliphatic carbocycles. The van der Waals surface area contributed by atoms with Crippen LogP contribution in [0.5, 0.6) is 5.75 Å². The van der Waals surface area contributed by atoms with Crippen LogP contribution in [0.15, 0.2) is 48.5 Å². The molecule has 182 valence electrons. The Morgan fingerprint density at radius 2 is 1.65 bits per heavy atom. The fraction of sp³-hybridized carbons (Fsp3) is 0.423. The van der Waals surface area contributed by atoms with Crippen molar-refractivity contribution in [2.45, 2.75) is 33.2 Å². The van der Waals surface area contributed by atoms with Gasteiger partial charge in [0.05, 0.1) is 13.0 Å². The van der Waals surface area contributed by atoms with Gasteiger partial charge in [0.1, 0.15) is 11.8 Å². The zero-order valence-corrected chi connectivity index (χ0v) is 20.8. The second-order valence-corrected chi connectivity index (χ2v) is 9.73. The van der Waals surface area contributed by atoms with E-state index in [0.29, 0.717) is 30.0 Å². The van der Waals surface area contributed by atoms with Crippen molar-refractivity contribution in [3.05, 3.63) is 59.7 Å². The molecular formula is C26H33N3O4S. The zero-order chi connectivity index (χ0) is 24.5. The highest BCUT2D eigenvalue weighted by Gasteiger charge is 2.25. The summed E-state index contributed by atoms with van der Waals surface area (Å²) in [5, 5.41) is 5.71. The smallest absolute Gasteiger partial charge is 0.251 e. The number of benzene rings is 2. The van der Waals surface area contributed by atoms with E-state index in [4.69, 9.17) is 4.74 Å². The van der Waals surface area contributed by atoms with Gasteiger partial charge in [-0.2, -0.15) is 11.8 Å². The number of carbonyl (C=O) groups is 3. The van der Waals surface area contributed by atoms with Crippen LogP contribution >= 0.6 is 11.8 Å². The number of hydrogen-bond acceptors (Lipinski definition) is 5. The van der Waals surface area contributed by atoms with Gasteiger partial charge in [0.25, 0.3) is 5.91 Å². The molecule has 2 N–H and O–H groups in total. The second kappa shape index (κ2) is 12.5. The molecule has 0 aromatic heterocycles. The molecule has 1 fully saturated rings. The van der Waals surface area contributed by atoms with Crippen LogP contribution in [0.3, 0.4) is 0 Å². The summed E-state index contributed by atoms with van der Waals surface area (Å²) < 4.78 is 5.41. The number of nitrogens with one attached hydrogen (secondary N) is 2. The van der Waals surface area contributed by atoms with Crippen molar-refractivity contribution >= 4 is 35.2 Å². The summed E-state index contributed by atoms with van der Waals surface area (Å²) in [7, 11) is 0. The van der Waals surface area contributed by atoms with Crippen LogP contribution in [0.25, 0.3) is 0 Å². The molecule has 3 rings (SSSR count). The van der Waals surface area contributed by atoms with Crippen LogP contribution in [0, 0.1) is 5.92 Å². The van der Waals surface area contributed by atoms with Gasteiger partial charge < -0.3 is 20.3 Å². The average Bonchev–Trinajstić information content (AvgIpc) is 2.84. The first-order chi connectivity index (χ1) is 16.4. The molecule has 2 aromatic carbocycles. The Morgan fingerprint density at radius 3 is 2.24 bits per heavy atom. The van der Waals surface area contributed by atoms with Crippen molar-refractivity contribution in [3.8, 4) is 5.75 Å². The minimum absolute atomic E-state index is 0.105. The summed E-state index contributed by atoms with van der Waals surface area (Å²) in [6, 6.07) is 13.4. The Labute approximate surface area is 205 Å². The van der Waals surface area contributed by atoms with Gasteiger partial charge in [-0.25, -0.2) is 0 Å². The molecule has 8 heteroatoms. The summed E-state index contributed by atoms with van der Waals surface area (Å²) in [4.78, 5) is 40.0. The van der Waals surface area contributed by atoms with E-state index in [0.717, 1.165) is 30.2 Å². The van der Waals surface area contributed by atoms with Crippen LogP contribution in [-0.4, -0.2) is 59.9 Å². The van der Waals surface area contributed by atoms with E-state index in [1.165, 1.54) is 0 Å². The standard InChI is InChI=1S/C26H33N3O4S/c1-4-33-22-11-7-20(8-12-22)25(31)28-24(18(2)3)26(32)27-21-9-5-19(6-10-21)17-23(30)29-13-15-34-16-14-29/h5-12,18,24H,4,13-17H2,1-3H3,(H,27,32)(H,28,31). The van der Waals surface area contributed by atoms with Gasteiger partial charge >= 0.3 is 0 Å². The van der Waals surface area contributed by atoms with E-state index < -0.39 is 6.04 Å². The largest absolute Gasteiger partial charge is 0.494 e. The van der Waals surface area contributed by atoms with Gasteiger partial charge in [-0.05, 0) is 54.8 Å². The number of hydrogen-bond donors (Lipinski definition) is 2. The van der Waals surface area contributed by atoms with Gasteiger partial charge in [0, 0.05) is 35.8 Å². The SMILES string of the molecule is CCOc1ccc(C(=O)NC(C(=O)Nc2ccc(CC(=O)N3CCSCC3)cc2)C(C)C)cc1. The zero-order valence-electron chi connectivity index (χ0n) is 20.0. The van der Waals surface area contributed by atoms with Crippen molar-refractivity contribution in [1.29, 1.82) is 0 Å². The molecule has 1 aliphatic heterocycles. The molecule has 3 amide bonds. The quantitative estimate of drug-likeness (QED) is 0.569. The summed E-state index contributed by atoms with van der Waals surface area (Å²) in [6.45, 7) is 7.82. The van der Waals surface area contributed by atoms with E-state index in [9.17, 15) is 14.4 Å². The molecule has 7 nitrogen and oxygen atoms in total. The number of amides is 3. The highest BCUT2D eigenvalue weighted by molar-refractivity contribution is 7.99. The van der Waals surface area contributed by atoms with Crippen LogP contribution in [0.1, 0.15) is 36.7 Å². The van der Waals surface area contributed by atoms with Crippen molar-refractivity contribution in [2.24, 2.45) is 5.92 Å². The van der Waals surface area contributed by atoms with Crippen molar-refractivity contribution < 1.29 is 19.1 Å². The molecule has 0 radical (unpaired) electrons. The highest BCUT2D eigenvalue weighted by atomic mass is 32.2. The molecule has 1 heterocycles. The fourth-order valence-electron chi connectivity index (χ4n) is 3.65. The number of carbonyl (C=O) groups excluding carboxylic acids is 3. The molecule has 1 atom stereocenters. The Morgan fingerprint density at radius 1 is 1.00 bits per heavy atom. The lowest BCUT2D eigenvalue weighted by Gasteiger charge is -2.26. The Hall–Kier alpha value is -3.00. The molecule has 2 aromatic rings. The molecule has 1 aliphatic rings. The molecule has 0 saturated carbocycles. The maximum absolute atomic E-state index is 12.9. The van der Waals surface area contributed by atoms with E-state index in [-0.39, 0.29) is 23.6 Å². The predicted molar refractivity (Wildman–Crippen MR) is 136 cm³/mol. The van der Waals surface area contributed by atoms with Crippen LogP contribution < -0.4 is 15.4 Å². The maximum atomic E-state index is 12.9. The third-order valence-electron chi connectivity index (χ3n) is 5.60. The number of nitrogens with zero attached hydrogens (tertiary/aromatic N) is 1. The van der Waals surface area contributed by atoms with E-state index >= 15 is 0 Å². The van der Waals surface area contributed by atoms with Gasteiger partial charge in [0.15, 0.2) is 0 Å². The first-order valence-electron chi connectivity index (χ1n) is 11.7. The van der Waals surface area contributed by atoms with Crippen molar-refractivity contribution in [2.75, 3.05) is 36.5 Å². The van der Waals surface area contributed by atoms with Crippen molar-refractivity contribution in [3.63, 3.8) is 0 Å². The summed E-state index contributed by atoms with van der Waals surface area (Å²) in [5.41, 5.74) is 1.99. The highest BCUT2D eigenvalue weighted by Crippen LogP contribution is 2.16. The topological polar surface area (TPSA) is 87.7 Å². The lowest BCUT2D eigenvalue weighted by Crippen LogP contribution is -2.47. The second-order valence-electron chi connectivity index (χ2n) is 8.51. The third kappa shape index (κ3) is 7.25. The Bertz CT molecular complexity index is 971. The normalized spacial score (nSPS) is 14.4. The minimum Gasteiger partial charge on any atom is -0.494 e. The van der Waals surface area contributed by atoms with Gasteiger partial charge in [0.2, 0.25) is 11.8 Å². The summed E-state index contributed by atoms with van der Waals surface area (Å²) in [5.74, 6) is 2.09. The van der Waals surface area contributed by atoms with Crippen LogP contribution in [0.4, 0.5) is 5.69 Å². The van der Waals surface area contributed by atoms with E-state index in [1.54, 1.807) is 36.4 Å². The minimum atomic E-state index is -0.697. The monoisotopic (exact) mass is 483 g/mol. The number of rotatable bonds is 9. The summed E-state index contributed by atoms with van der Waals surface area (Å²) in [6.07, 6.45) is 0.353. The van der Waals surface area contributed by atoms with Crippen LogP contribution in [0.2, 0.25) is 0 Å². The van der Waals surface area contributed by atoms with Gasteiger partial charge in [-0.1, -0.05) is 26.0 Å². The molecule has 34 heavy (non-hydrogen) atoms. The molecule has 1 saturated heterocycles. The maximum Gasteiger partial charge on any atom is 0.251 e. The van der Waals surface area contributed by atoms with E-state index in [2.05, 4.69) is 10.6 Å². The molecule has 0 bridgehead atoms. The number of ether oxygens (including phenoxy) is 1. The predicted octanol–water partition coefficient (Wildman–Crippen LogP) is 3.60. The van der Waals surface area contributed by atoms with Gasteiger partial charge in [-0.3, -0.25) is 14.4 Å². The fourth-order valence-corrected chi connectivity index (χ4v) is 4.56. The average molecular weight is 484 g/mol. The van der Waals surface area contributed by atoms with Crippen molar-refractivity contribution in [1.82, 2.24) is 10.2 Å². The molecule has 0 spiro atoms. The van der Waals surface area contributed by atoms with E-state index in [1.807, 2.05) is 49.6 Å². The lowest BCUT2D eigenvalue weighted by atomic mass is 10.0. The Balaban J connectivity index is 1.57. The first kappa shape index (κ1) is 25.6. The number of thioether (sulfide) groups is 1. The van der Waals surface area contributed by atoms with Crippen LogP contribution in [-0.2, 0) is 16.0 Å². The molecule has 1 unspecified atom stereocenters. The molecular weight excluding hydrogens is 450 g/mol. The Kier molecular flexibility index (Phi) is 9.39. The van der Waals surface area contributed by atoms with Gasteiger partial charge in [-0.15, -0.1) is 0 Å².